The van der Waals surface area contributed by atoms with E-state index in [2.05, 4.69) is 5.32 Å². The molecular formula is C41H35N3O3. The number of hydrogen-bond donors (Lipinski definition) is 1. The van der Waals surface area contributed by atoms with Crippen molar-refractivity contribution in [3.05, 3.63) is 167 Å². The van der Waals surface area contributed by atoms with Crippen LogP contribution in [0.5, 0.6) is 0 Å². The second-order valence-electron chi connectivity index (χ2n) is 13.0. The highest BCUT2D eigenvalue weighted by Crippen LogP contribution is 2.66. The van der Waals surface area contributed by atoms with Gasteiger partial charge in [-0.3, -0.25) is 19.7 Å². The molecular weight excluding hydrogens is 582 g/mol. The van der Waals surface area contributed by atoms with Gasteiger partial charge < -0.3 is 9.80 Å². The van der Waals surface area contributed by atoms with E-state index in [4.69, 9.17) is 0 Å². The van der Waals surface area contributed by atoms with E-state index in [0.29, 0.717) is 18.7 Å². The van der Waals surface area contributed by atoms with Crippen LogP contribution in [0, 0.1) is 12.8 Å². The predicted molar refractivity (Wildman–Crippen MR) is 183 cm³/mol. The van der Waals surface area contributed by atoms with E-state index in [1.54, 1.807) is 16.7 Å². The van der Waals surface area contributed by atoms with Crippen molar-refractivity contribution in [2.24, 2.45) is 5.92 Å². The maximum atomic E-state index is 15.7. The number of fused-ring (bicyclic) bond motifs is 5. The maximum Gasteiger partial charge on any atom is 0.253 e. The molecule has 232 valence electrons. The number of rotatable bonds is 6. The van der Waals surface area contributed by atoms with Crippen LogP contribution in [0.4, 0.5) is 11.4 Å². The highest BCUT2D eigenvalue weighted by atomic mass is 16.2. The monoisotopic (exact) mass is 617 g/mol. The summed E-state index contributed by atoms with van der Waals surface area (Å²) in [6.07, 6.45) is 0. The van der Waals surface area contributed by atoms with Crippen molar-refractivity contribution >= 4 is 29.0 Å². The number of nitrogens with one attached hydrogen (secondary N) is 1. The van der Waals surface area contributed by atoms with Gasteiger partial charge in [0.2, 0.25) is 5.91 Å². The lowest BCUT2D eigenvalue weighted by molar-refractivity contribution is -0.138. The Balaban J connectivity index is 1.44. The number of benzene rings is 5. The molecule has 0 aromatic heterocycles. The molecule has 0 aliphatic carbocycles. The van der Waals surface area contributed by atoms with Crippen molar-refractivity contribution < 1.29 is 14.4 Å². The number of anilines is 2. The summed E-state index contributed by atoms with van der Waals surface area (Å²) in [7, 11) is 0. The van der Waals surface area contributed by atoms with E-state index in [-0.39, 0.29) is 17.6 Å². The van der Waals surface area contributed by atoms with Gasteiger partial charge in [0.25, 0.3) is 5.91 Å². The molecule has 47 heavy (non-hydrogen) atoms. The first-order valence-corrected chi connectivity index (χ1v) is 16.1. The van der Waals surface area contributed by atoms with Gasteiger partial charge in [-0.25, -0.2) is 0 Å². The van der Waals surface area contributed by atoms with Crippen molar-refractivity contribution in [1.29, 1.82) is 0 Å². The Hall–Kier alpha value is -5.33. The first kappa shape index (κ1) is 29.1. The standard InChI is InChI=1S/C41H35N3O3/c1-27-22-23-35-33(24-27)41(39(47)44(35)26-30-16-8-4-9-17-30)40(36(28(2)45)37(42-41)31-18-10-5-11-19-31)32-20-12-13-21-34(32)43(38(40)46)25-29-14-6-3-7-15-29/h3-24,36-37,42H,25-26H2,1-2H3/t36-,37-,40-,41+/m0/s1. The van der Waals surface area contributed by atoms with Crippen molar-refractivity contribution in [2.45, 2.75) is 43.9 Å². The summed E-state index contributed by atoms with van der Waals surface area (Å²) in [6.45, 7) is 4.22. The molecule has 1 saturated heterocycles. The number of para-hydroxylation sites is 1. The SMILES string of the molecule is CC(=O)[C@H]1[C@H](c2ccccc2)N[C@]2(C(=O)N(Cc3ccccc3)c3ccc(C)cc32)[C@]12C(=O)N(Cc1ccccc1)c1ccccc12. The molecule has 4 atom stereocenters. The van der Waals surface area contributed by atoms with Gasteiger partial charge in [-0.2, -0.15) is 0 Å². The van der Waals surface area contributed by atoms with Gasteiger partial charge in [0.1, 0.15) is 16.7 Å². The second kappa shape index (κ2) is 10.9. The largest absolute Gasteiger partial charge is 0.307 e. The van der Waals surface area contributed by atoms with Gasteiger partial charge in [-0.1, -0.05) is 127 Å². The zero-order valence-electron chi connectivity index (χ0n) is 26.4. The number of carbonyl (C=O) groups is 3. The van der Waals surface area contributed by atoms with E-state index in [1.807, 2.05) is 140 Å². The van der Waals surface area contributed by atoms with Crippen molar-refractivity contribution in [1.82, 2.24) is 5.32 Å². The Labute approximate surface area is 274 Å². The van der Waals surface area contributed by atoms with Crippen molar-refractivity contribution in [3.8, 4) is 0 Å². The van der Waals surface area contributed by atoms with Crippen molar-refractivity contribution in [2.75, 3.05) is 9.80 Å². The quantitative estimate of drug-likeness (QED) is 0.228. The second-order valence-corrected chi connectivity index (χ2v) is 13.0. The minimum absolute atomic E-state index is 0.142. The topological polar surface area (TPSA) is 69.7 Å². The summed E-state index contributed by atoms with van der Waals surface area (Å²) < 4.78 is 0. The first-order valence-electron chi connectivity index (χ1n) is 16.1. The molecule has 6 nitrogen and oxygen atoms in total. The normalized spacial score (nSPS) is 24.3. The van der Waals surface area contributed by atoms with Crippen LogP contribution >= 0.6 is 0 Å². The average molecular weight is 618 g/mol. The Morgan fingerprint density at radius 1 is 0.660 bits per heavy atom. The third-order valence-electron chi connectivity index (χ3n) is 10.3. The Kier molecular flexibility index (Phi) is 6.74. The molecule has 3 heterocycles. The third kappa shape index (κ3) is 4.04. The summed E-state index contributed by atoms with van der Waals surface area (Å²) in [6, 6.07) is 42.7. The van der Waals surface area contributed by atoms with Crippen LogP contribution in [0.2, 0.25) is 0 Å². The predicted octanol–water partition coefficient (Wildman–Crippen LogP) is 6.77. The van der Waals surface area contributed by atoms with Gasteiger partial charge in [0, 0.05) is 23.0 Å². The zero-order chi connectivity index (χ0) is 32.3. The highest BCUT2D eigenvalue weighted by Gasteiger charge is 2.79. The van der Waals surface area contributed by atoms with E-state index in [1.165, 1.54) is 0 Å². The number of ketones is 1. The van der Waals surface area contributed by atoms with Gasteiger partial charge in [-0.15, -0.1) is 0 Å². The summed E-state index contributed by atoms with van der Waals surface area (Å²) in [4.78, 5) is 49.2. The molecule has 0 radical (unpaired) electrons. The fourth-order valence-corrected chi connectivity index (χ4v) is 8.51. The number of carbonyl (C=O) groups excluding carboxylic acids is 3. The molecule has 1 N–H and O–H groups in total. The molecule has 0 unspecified atom stereocenters. The molecule has 3 aliphatic rings. The van der Waals surface area contributed by atoms with Crippen LogP contribution < -0.4 is 15.1 Å². The number of Topliss-reactive ketones (excluding diaryl/α,β-unsaturated/α-hetero) is 1. The maximum absolute atomic E-state index is 15.7. The zero-order valence-corrected chi connectivity index (χ0v) is 26.4. The first-order chi connectivity index (χ1) is 22.9. The minimum atomic E-state index is -1.56. The molecule has 0 bridgehead atoms. The fraction of sp³-hybridized carbons (Fsp3) is 0.195. The van der Waals surface area contributed by atoms with E-state index < -0.39 is 22.9 Å². The van der Waals surface area contributed by atoms with Crippen LogP contribution in [-0.4, -0.2) is 17.6 Å². The lowest BCUT2D eigenvalue weighted by Gasteiger charge is -2.41. The van der Waals surface area contributed by atoms with Crippen molar-refractivity contribution in [3.63, 3.8) is 0 Å². The summed E-state index contributed by atoms with van der Waals surface area (Å²) >= 11 is 0. The number of aryl methyl sites for hydroxylation is 1. The fourth-order valence-electron chi connectivity index (χ4n) is 8.51. The Bertz CT molecular complexity index is 2030. The molecule has 2 spiro atoms. The van der Waals surface area contributed by atoms with Crippen LogP contribution in [-0.2, 0) is 38.4 Å². The molecule has 2 amide bonds. The lowest BCUT2D eigenvalue weighted by Crippen LogP contribution is -2.63. The third-order valence-corrected chi connectivity index (χ3v) is 10.3. The highest BCUT2D eigenvalue weighted by molar-refractivity contribution is 6.21. The van der Waals surface area contributed by atoms with Gasteiger partial charge in [-0.05, 0) is 48.2 Å². The average Bonchev–Trinajstić information content (AvgIpc) is 3.64. The van der Waals surface area contributed by atoms with Crippen LogP contribution in [0.15, 0.2) is 133 Å². The van der Waals surface area contributed by atoms with E-state index in [0.717, 1.165) is 39.2 Å². The number of hydrogen-bond acceptors (Lipinski definition) is 4. The number of amides is 2. The molecule has 5 aromatic carbocycles. The molecule has 0 saturated carbocycles. The van der Waals surface area contributed by atoms with Gasteiger partial charge in [0.15, 0.2) is 0 Å². The van der Waals surface area contributed by atoms with Crippen LogP contribution in [0.1, 0.15) is 46.3 Å². The number of nitrogens with zero attached hydrogens (tertiary/aromatic N) is 2. The summed E-state index contributed by atoms with van der Waals surface area (Å²) in [5, 5.41) is 3.79. The van der Waals surface area contributed by atoms with E-state index >= 15 is 9.59 Å². The Morgan fingerprint density at radius 3 is 1.81 bits per heavy atom. The molecule has 3 aliphatic heterocycles. The van der Waals surface area contributed by atoms with Crippen LogP contribution in [0.3, 0.4) is 0 Å². The lowest BCUT2D eigenvalue weighted by atomic mass is 9.57. The molecule has 1 fully saturated rings. The smallest absolute Gasteiger partial charge is 0.253 e. The van der Waals surface area contributed by atoms with Crippen LogP contribution in [0.25, 0.3) is 0 Å². The molecule has 8 rings (SSSR count). The summed E-state index contributed by atoms with van der Waals surface area (Å²) in [5.41, 5.74) is 3.56. The molecule has 6 heteroatoms. The van der Waals surface area contributed by atoms with E-state index in [9.17, 15) is 4.79 Å². The minimum Gasteiger partial charge on any atom is -0.307 e. The van der Waals surface area contributed by atoms with Gasteiger partial charge >= 0.3 is 0 Å². The molecule has 5 aromatic rings. The Morgan fingerprint density at radius 2 is 1.19 bits per heavy atom. The summed E-state index contributed by atoms with van der Waals surface area (Å²) in [5.74, 6) is -1.47. The van der Waals surface area contributed by atoms with Gasteiger partial charge in [0.05, 0.1) is 19.0 Å².